The summed E-state index contributed by atoms with van der Waals surface area (Å²) in [6, 6.07) is 5.33. The fourth-order valence-electron chi connectivity index (χ4n) is 1.34. The van der Waals surface area contributed by atoms with Gasteiger partial charge in [-0.15, -0.1) is 12.6 Å². The Bertz CT molecular complexity index is 388. The normalized spacial score (nSPS) is 9.88. The Kier molecular flexibility index (Phi) is 5.05. The van der Waals surface area contributed by atoms with Crippen molar-refractivity contribution >= 4 is 24.9 Å². The van der Waals surface area contributed by atoms with Gasteiger partial charge >= 0.3 is 5.97 Å². The Morgan fingerprint density at radius 2 is 2.25 bits per heavy atom. The van der Waals surface area contributed by atoms with Gasteiger partial charge in [0.2, 0.25) is 0 Å². The number of ether oxygens (including phenoxy) is 1. The molecule has 0 bridgehead atoms. The molecule has 0 aliphatic heterocycles. The van der Waals surface area contributed by atoms with Crippen LogP contribution in [0, 0.1) is 0 Å². The highest BCUT2D eigenvalue weighted by Crippen LogP contribution is 2.17. The van der Waals surface area contributed by atoms with E-state index in [0.29, 0.717) is 29.9 Å². The minimum absolute atomic E-state index is 0.338. The fraction of sp³-hybridized carbons (Fsp3) is 0.333. The Morgan fingerprint density at radius 3 is 2.88 bits per heavy atom. The molecule has 0 saturated heterocycles. The minimum Gasteiger partial charge on any atom is -0.462 e. The maximum absolute atomic E-state index is 11.6. The highest BCUT2D eigenvalue weighted by atomic mass is 32.1. The van der Waals surface area contributed by atoms with Gasteiger partial charge in [-0.2, -0.15) is 0 Å². The molecule has 86 valence electrons. The third-order valence-electron chi connectivity index (χ3n) is 2.11. The van der Waals surface area contributed by atoms with E-state index in [-0.39, 0.29) is 5.97 Å². The van der Waals surface area contributed by atoms with E-state index < -0.39 is 0 Å². The highest BCUT2D eigenvalue weighted by Gasteiger charge is 2.11. The molecule has 0 amide bonds. The number of aryl methyl sites for hydroxylation is 1. The van der Waals surface area contributed by atoms with Gasteiger partial charge < -0.3 is 9.53 Å². The van der Waals surface area contributed by atoms with E-state index in [1.165, 1.54) is 0 Å². The molecular weight excluding hydrogens is 224 g/mol. The van der Waals surface area contributed by atoms with Crippen molar-refractivity contribution in [3.63, 3.8) is 0 Å². The number of carbonyl (C=O) groups excluding carboxylic acids is 2. The molecule has 4 heteroatoms. The van der Waals surface area contributed by atoms with Gasteiger partial charge in [-0.25, -0.2) is 4.79 Å². The molecule has 0 aliphatic carbocycles. The lowest BCUT2D eigenvalue weighted by Gasteiger charge is -2.06. The highest BCUT2D eigenvalue weighted by molar-refractivity contribution is 7.80. The average molecular weight is 238 g/mol. The molecule has 1 aromatic carbocycles. The second-order valence-electron chi connectivity index (χ2n) is 3.28. The lowest BCUT2D eigenvalue weighted by atomic mass is 10.1. The van der Waals surface area contributed by atoms with Crippen molar-refractivity contribution in [1.29, 1.82) is 0 Å². The van der Waals surface area contributed by atoms with Crippen molar-refractivity contribution < 1.29 is 14.3 Å². The third kappa shape index (κ3) is 3.38. The van der Waals surface area contributed by atoms with Gasteiger partial charge in [-0.1, -0.05) is 6.07 Å². The third-order valence-corrected chi connectivity index (χ3v) is 2.50. The minimum atomic E-state index is -0.375. The summed E-state index contributed by atoms with van der Waals surface area (Å²) in [5.74, 6) is -0.375. The molecule has 0 heterocycles. The van der Waals surface area contributed by atoms with Crippen LogP contribution in [0.5, 0.6) is 0 Å². The number of hydrogen-bond donors (Lipinski definition) is 1. The topological polar surface area (TPSA) is 43.4 Å². The van der Waals surface area contributed by atoms with Gasteiger partial charge in [0.25, 0.3) is 0 Å². The zero-order valence-corrected chi connectivity index (χ0v) is 10.00. The molecule has 0 aliphatic rings. The molecule has 0 N–H and O–H groups in total. The molecule has 0 atom stereocenters. The molecule has 0 aromatic heterocycles. The molecule has 0 unspecified atom stereocenters. The second kappa shape index (κ2) is 6.33. The van der Waals surface area contributed by atoms with Crippen LogP contribution in [0.1, 0.15) is 29.3 Å². The SMILES string of the molecule is CCOC(=O)c1cc(CCC=O)ccc1S. The maximum Gasteiger partial charge on any atom is 0.339 e. The molecule has 16 heavy (non-hydrogen) atoms. The van der Waals surface area contributed by atoms with Crippen LogP contribution < -0.4 is 0 Å². The predicted molar refractivity (Wildman–Crippen MR) is 64.0 cm³/mol. The fourth-order valence-corrected chi connectivity index (χ4v) is 1.57. The van der Waals surface area contributed by atoms with E-state index in [4.69, 9.17) is 4.74 Å². The molecule has 3 nitrogen and oxygen atoms in total. The van der Waals surface area contributed by atoms with Gasteiger partial charge in [-0.05, 0) is 31.0 Å². The summed E-state index contributed by atoms with van der Waals surface area (Å²) in [4.78, 5) is 22.4. The average Bonchev–Trinajstić information content (AvgIpc) is 2.28. The standard InChI is InChI=1S/C12H14O3S/c1-2-15-12(14)10-8-9(4-3-7-13)5-6-11(10)16/h5-8,16H,2-4H2,1H3. The van der Waals surface area contributed by atoms with E-state index in [9.17, 15) is 9.59 Å². The van der Waals surface area contributed by atoms with Crippen LogP contribution in [0.15, 0.2) is 23.1 Å². The summed E-state index contributed by atoms with van der Waals surface area (Å²) in [6.45, 7) is 2.09. The summed E-state index contributed by atoms with van der Waals surface area (Å²) in [5.41, 5.74) is 1.39. The van der Waals surface area contributed by atoms with Crippen molar-refractivity contribution in [1.82, 2.24) is 0 Å². The van der Waals surface area contributed by atoms with Crippen molar-refractivity contribution in [2.45, 2.75) is 24.7 Å². The van der Waals surface area contributed by atoms with Crippen LogP contribution in [-0.4, -0.2) is 18.9 Å². The molecule has 0 radical (unpaired) electrons. The van der Waals surface area contributed by atoms with Crippen LogP contribution in [0.3, 0.4) is 0 Å². The van der Waals surface area contributed by atoms with Crippen molar-refractivity contribution in [2.75, 3.05) is 6.61 Å². The van der Waals surface area contributed by atoms with Crippen LogP contribution >= 0.6 is 12.6 Å². The van der Waals surface area contributed by atoms with Crippen LogP contribution in [0.2, 0.25) is 0 Å². The van der Waals surface area contributed by atoms with Gasteiger partial charge in [0.05, 0.1) is 12.2 Å². The van der Waals surface area contributed by atoms with Crippen LogP contribution in [0.4, 0.5) is 0 Å². The summed E-state index contributed by atoms with van der Waals surface area (Å²) >= 11 is 4.20. The lowest BCUT2D eigenvalue weighted by molar-refractivity contribution is -0.107. The zero-order chi connectivity index (χ0) is 12.0. The number of esters is 1. The van der Waals surface area contributed by atoms with Crippen molar-refractivity contribution in [3.05, 3.63) is 29.3 Å². The Labute approximate surface area is 100 Å². The number of aldehydes is 1. The number of rotatable bonds is 5. The van der Waals surface area contributed by atoms with E-state index in [1.54, 1.807) is 19.1 Å². The Hall–Kier alpha value is -1.29. The zero-order valence-electron chi connectivity index (χ0n) is 9.10. The van der Waals surface area contributed by atoms with E-state index >= 15 is 0 Å². The smallest absolute Gasteiger partial charge is 0.339 e. The first-order valence-electron chi connectivity index (χ1n) is 5.11. The molecule has 0 spiro atoms. The predicted octanol–water partition coefficient (Wildman–Crippen LogP) is 2.28. The molecule has 0 fully saturated rings. The summed E-state index contributed by atoms with van der Waals surface area (Å²) in [5, 5.41) is 0. The van der Waals surface area contributed by atoms with Gasteiger partial charge in [0, 0.05) is 11.3 Å². The first-order valence-corrected chi connectivity index (χ1v) is 5.56. The first-order chi connectivity index (χ1) is 7.69. The monoisotopic (exact) mass is 238 g/mol. The summed E-state index contributed by atoms with van der Waals surface area (Å²) in [7, 11) is 0. The number of benzene rings is 1. The molecule has 1 aromatic rings. The number of thiol groups is 1. The first kappa shape index (κ1) is 12.8. The Morgan fingerprint density at radius 1 is 1.50 bits per heavy atom. The van der Waals surface area contributed by atoms with Crippen molar-refractivity contribution in [2.24, 2.45) is 0 Å². The lowest BCUT2D eigenvalue weighted by Crippen LogP contribution is -2.06. The van der Waals surface area contributed by atoms with Crippen molar-refractivity contribution in [3.8, 4) is 0 Å². The number of hydrogen-bond acceptors (Lipinski definition) is 4. The Balaban J connectivity index is 2.89. The summed E-state index contributed by atoms with van der Waals surface area (Å²) < 4.78 is 4.91. The quantitative estimate of drug-likeness (QED) is 0.486. The van der Waals surface area contributed by atoms with Gasteiger partial charge in [0.15, 0.2) is 0 Å². The van der Waals surface area contributed by atoms with E-state index in [2.05, 4.69) is 12.6 Å². The molecule has 0 saturated carbocycles. The van der Waals surface area contributed by atoms with Crippen LogP contribution in [-0.2, 0) is 16.0 Å². The second-order valence-corrected chi connectivity index (χ2v) is 3.76. The summed E-state index contributed by atoms with van der Waals surface area (Å²) in [6.07, 6.45) is 1.94. The number of carbonyl (C=O) groups is 2. The molecule has 1 rings (SSSR count). The largest absolute Gasteiger partial charge is 0.462 e. The maximum atomic E-state index is 11.6. The van der Waals surface area contributed by atoms with E-state index in [1.807, 2.05) is 6.07 Å². The van der Waals surface area contributed by atoms with E-state index in [0.717, 1.165) is 11.8 Å². The van der Waals surface area contributed by atoms with Crippen LogP contribution in [0.25, 0.3) is 0 Å². The van der Waals surface area contributed by atoms with Gasteiger partial charge in [0.1, 0.15) is 6.29 Å². The molecular formula is C12H14O3S. The van der Waals surface area contributed by atoms with Gasteiger partial charge in [-0.3, -0.25) is 0 Å².